The van der Waals surface area contributed by atoms with Crippen molar-refractivity contribution in [2.24, 2.45) is 7.05 Å². The van der Waals surface area contributed by atoms with E-state index in [2.05, 4.69) is 10.4 Å². The second kappa shape index (κ2) is 8.22. The van der Waals surface area contributed by atoms with Gasteiger partial charge in [0.15, 0.2) is 0 Å². The molecule has 1 amide bonds. The van der Waals surface area contributed by atoms with Crippen molar-refractivity contribution < 1.29 is 23.9 Å². The summed E-state index contributed by atoms with van der Waals surface area (Å²) in [4.78, 5) is 23.0. The van der Waals surface area contributed by atoms with Gasteiger partial charge in [0.05, 0.1) is 17.1 Å². The Bertz CT molecular complexity index is 683. The third-order valence-corrected chi connectivity index (χ3v) is 4.42. The van der Waals surface area contributed by atoms with Crippen LogP contribution in [0.5, 0.6) is 0 Å². The van der Waals surface area contributed by atoms with E-state index in [0.717, 1.165) is 0 Å². The number of nitrogens with zero attached hydrogens (tertiary/aromatic N) is 3. The highest BCUT2D eigenvalue weighted by molar-refractivity contribution is 5.68. The highest BCUT2D eigenvalue weighted by Crippen LogP contribution is 2.35. The molecule has 4 atom stereocenters. The summed E-state index contributed by atoms with van der Waals surface area (Å²) in [5.74, 6) is 0. The second-order valence-electron chi connectivity index (χ2n) is 7.66. The summed E-state index contributed by atoms with van der Waals surface area (Å²) >= 11 is 0. The summed E-state index contributed by atoms with van der Waals surface area (Å²) in [5, 5.41) is 18.1. The van der Waals surface area contributed by atoms with E-state index in [1.54, 1.807) is 34.9 Å². The molecule has 1 fully saturated rings. The van der Waals surface area contributed by atoms with E-state index < -0.39 is 34.9 Å². The largest absolute Gasteiger partial charge is 0.444 e. The average Bonchev–Trinajstić information content (AvgIpc) is 2.84. The summed E-state index contributed by atoms with van der Waals surface area (Å²) in [5.41, 5.74) is -0.293. The SMILES string of the molecule is CO[C@@H]1[C@H](C)O[C@H](c2c([N+](=O)[O-])cnn2C)CC[C@H]1NC(=O)OC(C)(C)C. The van der Waals surface area contributed by atoms with Crippen molar-refractivity contribution >= 4 is 11.8 Å². The Morgan fingerprint density at radius 2 is 2.11 bits per heavy atom. The van der Waals surface area contributed by atoms with Crippen LogP contribution in [0, 0.1) is 10.1 Å². The predicted octanol–water partition coefficient (Wildman–Crippen LogP) is 2.48. The number of aryl methyl sites for hydroxylation is 1. The van der Waals surface area contributed by atoms with Gasteiger partial charge in [-0.15, -0.1) is 0 Å². The van der Waals surface area contributed by atoms with Crippen LogP contribution in [0.15, 0.2) is 6.20 Å². The predicted molar refractivity (Wildman–Crippen MR) is 96.3 cm³/mol. The lowest BCUT2D eigenvalue weighted by Gasteiger charge is -2.29. The van der Waals surface area contributed by atoms with Gasteiger partial charge in [0.2, 0.25) is 0 Å². The Hall–Kier alpha value is -2.20. The number of nitrogens with one attached hydrogen (secondary N) is 1. The standard InChI is InChI=1S/C17H28N4O6/c1-10-15(25-6)11(19-16(22)27-17(2,3)4)7-8-13(26-10)14-12(21(23)24)9-18-20(14)5/h9-11,13,15H,7-8H2,1-6H3,(H,19,22)/t10-,11+,13-,15+/m0/s1. The summed E-state index contributed by atoms with van der Waals surface area (Å²) in [6.45, 7) is 7.18. The molecule has 1 N–H and O–H groups in total. The minimum absolute atomic E-state index is 0.0813. The van der Waals surface area contributed by atoms with Gasteiger partial charge in [-0.25, -0.2) is 4.79 Å². The minimum Gasteiger partial charge on any atom is -0.444 e. The zero-order chi connectivity index (χ0) is 20.4. The molecule has 0 radical (unpaired) electrons. The van der Waals surface area contributed by atoms with Crippen molar-refractivity contribution in [1.29, 1.82) is 0 Å². The average molecular weight is 384 g/mol. The van der Waals surface area contributed by atoms with Crippen molar-refractivity contribution in [2.75, 3.05) is 7.11 Å². The highest BCUT2D eigenvalue weighted by atomic mass is 16.6. The van der Waals surface area contributed by atoms with E-state index in [1.807, 2.05) is 6.92 Å². The lowest BCUT2D eigenvalue weighted by Crippen LogP contribution is -2.49. The van der Waals surface area contributed by atoms with Gasteiger partial charge in [-0.3, -0.25) is 14.8 Å². The van der Waals surface area contributed by atoms with Gasteiger partial charge in [0.1, 0.15) is 29.7 Å². The van der Waals surface area contributed by atoms with Crippen LogP contribution in [-0.2, 0) is 21.3 Å². The third kappa shape index (κ3) is 5.16. The molecule has 0 unspecified atom stereocenters. The third-order valence-electron chi connectivity index (χ3n) is 4.42. The van der Waals surface area contributed by atoms with Gasteiger partial charge in [0, 0.05) is 14.2 Å². The van der Waals surface area contributed by atoms with Gasteiger partial charge in [-0.1, -0.05) is 0 Å². The van der Waals surface area contributed by atoms with E-state index in [1.165, 1.54) is 10.9 Å². The molecular formula is C17H28N4O6. The maximum atomic E-state index is 12.2. The van der Waals surface area contributed by atoms with Crippen LogP contribution in [-0.4, -0.2) is 51.8 Å². The van der Waals surface area contributed by atoms with E-state index in [-0.39, 0.29) is 11.7 Å². The highest BCUT2D eigenvalue weighted by Gasteiger charge is 2.38. The molecule has 27 heavy (non-hydrogen) atoms. The van der Waals surface area contributed by atoms with Crippen LogP contribution < -0.4 is 5.32 Å². The zero-order valence-corrected chi connectivity index (χ0v) is 16.6. The molecule has 0 saturated carbocycles. The van der Waals surface area contributed by atoms with E-state index in [0.29, 0.717) is 18.5 Å². The summed E-state index contributed by atoms with van der Waals surface area (Å²) in [6.07, 6.45) is 0.299. The number of ether oxygens (including phenoxy) is 3. The van der Waals surface area contributed by atoms with Crippen LogP contribution >= 0.6 is 0 Å². The maximum Gasteiger partial charge on any atom is 0.407 e. The van der Waals surface area contributed by atoms with Gasteiger partial charge < -0.3 is 19.5 Å². The number of alkyl carbamates (subject to hydrolysis) is 1. The number of carbonyl (C=O) groups excluding carboxylic acids is 1. The molecule has 1 aliphatic rings. The number of rotatable bonds is 4. The molecule has 0 bridgehead atoms. The van der Waals surface area contributed by atoms with E-state index >= 15 is 0 Å². The Balaban J connectivity index is 2.20. The molecule has 10 heteroatoms. The number of hydrogen-bond donors (Lipinski definition) is 1. The van der Waals surface area contributed by atoms with Crippen LogP contribution in [0.1, 0.15) is 52.3 Å². The first-order chi connectivity index (χ1) is 12.5. The van der Waals surface area contributed by atoms with Gasteiger partial charge in [0.25, 0.3) is 0 Å². The van der Waals surface area contributed by atoms with Gasteiger partial charge in [-0.2, -0.15) is 5.10 Å². The molecule has 1 aromatic heterocycles. The Morgan fingerprint density at radius 1 is 1.44 bits per heavy atom. The van der Waals surface area contributed by atoms with E-state index in [9.17, 15) is 14.9 Å². The first-order valence-corrected chi connectivity index (χ1v) is 8.87. The van der Waals surface area contributed by atoms with Gasteiger partial charge in [-0.05, 0) is 40.5 Å². The molecular weight excluding hydrogens is 356 g/mol. The quantitative estimate of drug-likeness (QED) is 0.626. The minimum atomic E-state index is -0.614. The lowest BCUT2D eigenvalue weighted by molar-refractivity contribution is -0.386. The topological polar surface area (TPSA) is 118 Å². The molecule has 1 aliphatic heterocycles. The molecule has 0 aliphatic carbocycles. The Kier molecular flexibility index (Phi) is 6.42. The maximum absolute atomic E-state index is 12.2. The number of amides is 1. The van der Waals surface area contributed by atoms with Crippen molar-refractivity contribution in [3.8, 4) is 0 Å². The smallest absolute Gasteiger partial charge is 0.407 e. The summed E-state index contributed by atoms with van der Waals surface area (Å²) in [6, 6.07) is -0.350. The fourth-order valence-electron chi connectivity index (χ4n) is 3.35. The molecule has 0 spiro atoms. The fourth-order valence-corrected chi connectivity index (χ4v) is 3.35. The van der Waals surface area contributed by atoms with Crippen LogP contribution in [0.25, 0.3) is 0 Å². The molecule has 1 saturated heterocycles. The first-order valence-electron chi connectivity index (χ1n) is 8.87. The van der Waals surface area contributed by atoms with Gasteiger partial charge >= 0.3 is 11.8 Å². The van der Waals surface area contributed by atoms with Crippen molar-refractivity contribution in [2.45, 2.75) is 70.5 Å². The number of nitro groups is 1. The number of methoxy groups -OCH3 is 1. The Morgan fingerprint density at radius 3 is 2.67 bits per heavy atom. The molecule has 2 heterocycles. The van der Waals surface area contributed by atoms with Crippen molar-refractivity contribution in [3.63, 3.8) is 0 Å². The lowest BCUT2D eigenvalue weighted by atomic mass is 10.0. The monoisotopic (exact) mass is 384 g/mol. The number of carbonyl (C=O) groups is 1. The Labute approximate surface area is 158 Å². The summed E-state index contributed by atoms with van der Waals surface area (Å²) in [7, 11) is 3.19. The molecule has 1 aromatic rings. The normalized spacial score (nSPS) is 26.3. The number of hydrogen-bond acceptors (Lipinski definition) is 7. The molecule has 152 valence electrons. The summed E-state index contributed by atoms with van der Waals surface area (Å²) < 4.78 is 18.4. The van der Waals surface area contributed by atoms with Crippen LogP contribution in [0.4, 0.5) is 10.5 Å². The number of aromatic nitrogens is 2. The van der Waals surface area contributed by atoms with Crippen LogP contribution in [0.3, 0.4) is 0 Å². The molecule has 2 rings (SSSR count). The van der Waals surface area contributed by atoms with Crippen molar-refractivity contribution in [1.82, 2.24) is 15.1 Å². The molecule has 10 nitrogen and oxygen atoms in total. The first kappa shape index (κ1) is 21.1. The van der Waals surface area contributed by atoms with E-state index in [4.69, 9.17) is 14.2 Å². The van der Waals surface area contributed by atoms with Crippen molar-refractivity contribution in [3.05, 3.63) is 22.0 Å². The van der Waals surface area contributed by atoms with Crippen LogP contribution in [0.2, 0.25) is 0 Å². The fraction of sp³-hybridized carbons (Fsp3) is 0.765. The molecule has 0 aromatic carbocycles. The zero-order valence-electron chi connectivity index (χ0n) is 16.6. The second-order valence-corrected chi connectivity index (χ2v) is 7.66.